The lowest BCUT2D eigenvalue weighted by molar-refractivity contribution is -0.297. The van der Waals surface area contributed by atoms with Gasteiger partial charge in [0.1, 0.15) is 24.4 Å². The van der Waals surface area contributed by atoms with Gasteiger partial charge in [0, 0.05) is 17.4 Å². The molecule has 6 rings (SSSR count). The Morgan fingerprint density at radius 3 is 2.17 bits per heavy atom. The van der Waals surface area contributed by atoms with Crippen LogP contribution in [0.4, 0.5) is 0 Å². The highest BCUT2D eigenvalue weighted by atomic mass is 16.7. The van der Waals surface area contributed by atoms with Gasteiger partial charge in [-0.25, -0.2) is 0 Å². The predicted molar refractivity (Wildman–Crippen MR) is 169 cm³/mol. The Bertz CT molecular complexity index is 1250. The monoisotopic (exact) mass is 666 g/mol. The van der Waals surface area contributed by atoms with Crippen LogP contribution < -0.4 is 0 Å². The molecule has 1 heterocycles. The summed E-state index contributed by atoms with van der Waals surface area (Å²) in [4.78, 5) is 14.4. The van der Waals surface area contributed by atoms with Crippen LogP contribution in [0.1, 0.15) is 92.4 Å². The number of aliphatic hydroxyl groups is 8. The molecule has 11 nitrogen and oxygen atoms in total. The minimum Gasteiger partial charge on any atom is -0.432 e. The zero-order valence-electron chi connectivity index (χ0n) is 28.6. The van der Waals surface area contributed by atoms with Crippen molar-refractivity contribution >= 4 is 5.97 Å². The number of aliphatic hydroxyl groups excluding tert-OH is 8. The normalized spacial score (nSPS) is 53.9. The van der Waals surface area contributed by atoms with E-state index in [0.717, 1.165) is 19.3 Å². The Balaban J connectivity index is 1.38. The third-order valence-electron chi connectivity index (χ3n) is 15.2. The first-order chi connectivity index (χ1) is 21.9. The fourth-order valence-electron chi connectivity index (χ4n) is 12.1. The van der Waals surface area contributed by atoms with E-state index in [1.807, 2.05) is 6.92 Å². The van der Waals surface area contributed by atoms with Crippen LogP contribution in [0.3, 0.4) is 0 Å². The number of carbonyl (C=O) groups is 1. The molecule has 0 aromatic heterocycles. The summed E-state index contributed by atoms with van der Waals surface area (Å²) in [6.45, 7) is 9.83. The second-order valence-corrected chi connectivity index (χ2v) is 17.7. The average molecular weight is 667 g/mol. The third kappa shape index (κ3) is 4.81. The van der Waals surface area contributed by atoms with Crippen LogP contribution in [0.25, 0.3) is 0 Å². The van der Waals surface area contributed by atoms with Crippen molar-refractivity contribution in [3.8, 4) is 0 Å². The summed E-state index contributed by atoms with van der Waals surface area (Å²) in [5, 5.41) is 85.0. The van der Waals surface area contributed by atoms with Gasteiger partial charge in [-0.3, -0.25) is 4.79 Å². The minimum atomic E-state index is -1.67. The quantitative estimate of drug-likeness (QED) is 0.156. The Morgan fingerprint density at radius 2 is 1.53 bits per heavy atom. The molecule has 268 valence electrons. The van der Waals surface area contributed by atoms with Crippen molar-refractivity contribution in [2.24, 2.45) is 50.2 Å². The summed E-state index contributed by atoms with van der Waals surface area (Å²) in [5.74, 6) is -0.865. The smallest absolute Gasteiger partial charge is 0.315 e. The number of esters is 1. The second kappa shape index (κ2) is 11.7. The van der Waals surface area contributed by atoms with Crippen LogP contribution in [0.15, 0.2) is 11.6 Å². The van der Waals surface area contributed by atoms with Crippen molar-refractivity contribution in [2.75, 3.05) is 19.8 Å². The first-order valence-electron chi connectivity index (χ1n) is 17.7. The molecule has 0 bridgehead atoms. The SMILES string of the molecule is CC1(C)CC[C@]2(C(=O)O[C@@H]3O[C@H](CO)[C@@H](O)[C@H](O)[C@H]3O)CC[C@]3(C)C(=CC[C@H]4[C@@]5(CO)C[C@H](O)[C@@H](O)[C@@](C)(CO)C5CC[C@]43C)[C@H]2C1. The van der Waals surface area contributed by atoms with Crippen LogP contribution in [-0.4, -0.2) is 110 Å². The maximum absolute atomic E-state index is 14.4. The molecular formula is C36H58O11. The van der Waals surface area contributed by atoms with Gasteiger partial charge in [-0.05, 0) is 91.8 Å². The van der Waals surface area contributed by atoms with Gasteiger partial charge in [0.25, 0.3) is 0 Å². The number of allylic oxidation sites excluding steroid dienone is 2. The zero-order chi connectivity index (χ0) is 34.5. The number of hydrogen-bond acceptors (Lipinski definition) is 11. The van der Waals surface area contributed by atoms with Gasteiger partial charge in [0.15, 0.2) is 0 Å². The number of rotatable bonds is 5. The van der Waals surface area contributed by atoms with Crippen LogP contribution >= 0.6 is 0 Å². The fourth-order valence-corrected chi connectivity index (χ4v) is 12.1. The van der Waals surface area contributed by atoms with Crippen molar-refractivity contribution in [2.45, 2.75) is 135 Å². The average Bonchev–Trinajstić information content (AvgIpc) is 3.03. The molecule has 1 saturated heterocycles. The van der Waals surface area contributed by atoms with Crippen molar-refractivity contribution < 1.29 is 55.1 Å². The third-order valence-corrected chi connectivity index (χ3v) is 15.2. The summed E-state index contributed by atoms with van der Waals surface area (Å²) < 4.78 is 11.5. The highest BCUT2D eigenvalue weighted by Gasteiger charge is 2.72. The highest BCUT2D eigenvalue weighted by molar-refractivity contribution is 5.79. The van der Waals surface area contributed by atoms with E-state index in [0.29, 0.717) is 32.1 Å². The molecule has 6 aliphatic rings. The Hall–Kier alpha value is -1.15. The van der Waals surface area contributed by atoms with Gasteiger partial charge in [0.2, 0.25) is 6.29 Å². The molecule has 4 saturated carbocycles. The molecule has 15 atom stereocenters. The number of hydrogen-bond donors (Lipinski definition) is 8. The van der Waals surface area contributed by atoms with Gasteiger partial charge < -0.3 is 50.3 Å². The van der Waals surface area contributed by atoms with Gasteiger partial charge >= 0.3 is 5.97 Å². The summed E-state index contributed by atoms with van der Waals surface area (Å²) in [5.41, 5.74) is -2.02. The Morgan fingerprint density at radius 1 is 0.851 bits per heavy atom. The van der Waals surface area contributed by atoms with E-state index >= 15 is 0 Å². The van der Waals surface area contributed by atoms with E-state index in [-0.39, 0.29) is 53.6 Å². The highest BCUT2D eigenvalue weighted by Crippen LogP contribution is 2.76. The van der Waals surface area contributed by atoms with E-state index in [4.69, 9.17) is 9.47 Å². The topological polar surface area (TPSA) is 197 Å². The van der Waals surface area contributed by atoms with Gasteiger partial charge in [-0.2, -0.15) is 0 Å². The number of fused-ring (bicyclic) bond motifs is 7. The van der Waals surface area contributed by atoms with E-state index in [1.54, 1.807) is 0 Å². The maximum Gasteiger partial charge on any atom is 0.315 e. The maximum atomic E-state index is 14.4. The molecule has 47 heavy (non-hydrogen) atoms. The van der Waals surface area contributed by atoms with Gasteiger partial charge in [-0.15, -0.1) is 0 Å². The largest absolute Gasteiger partial charge is 0.432 e. The van der Waals surface area contributed by atoms with Crippen LogP contribution in [0.2, 0.25) is 0 Å². The lowest BCUT2D eigenvalue weighted by Gasteiger charge is -2.71. The molecule has 5 fully saturated rings. The Labute approximate surface area is 278 Å². The van der Waals surface area contributed by atoms with Crippen molar-refractivity contribution in [1.82, 2.24) is 0 Å². The summed E-state index contributed by atoms with van der Waals surface area (Å²) in [7, 11) is 0. The molecule has 0 aromatic rings. The first-order valence-corrected chi connectivity index (χ1v) is 17.7. The molecule has 5 aliphatic carbocycles. The number of ether oxygens (including phenoxy) is 2. The lowest BCUT2D eigenvalue weighted by Crippen LogP contribution is -2.70. The van der Waals surface area contributed by atoms with Crippen molar-refractivity contribution in [3.63, 3.8) is 0 Å². The molecule has 1 unspecified atom stereocenters. The summed E-state index contributed by atoms with van der Waals surface area (Å²) >= 11 is 0. The van der Waals surface area contributed by atoms with Gasteiger partial charge in [-0.1, -0.05) is 46.3 Å². The molecule has 0 spiro atoms. The van der Waals surface area contributed by atoms with E-state index in [2.05, 4.69) is 33.8 Å². The van der Waals surface area contributed by atoms with E-state index < -0.39 is 71.7 Å². The molecular weight excluding hydrogens is 608 g/mol. The molecule has 0 amide bonds. The first kappa shape index (κ1) is 35.7. The molecule has 0 aromatic carbocycles. The lowest BCUT2D eigenvalue weighted by atomic mass is 9.33. The molecule has 11 heteroatoms. The standard InChI is InChI=1S/C36H58O11/c1-31(2)10-12-35(30(45)47-29-27(43)26(42)25(41)22(16-37)46-29)13-11-33(4)19(20(35)14-31)6-7-24-34(33,5)9-8-23-32(3,17-38)28(44)21(40)15-36(23,24)18-39/h6,20-29,37-44H,7-18H2,1-5H3/t20-,21+,22-,23?,24-,25-,26+,27-,28-,29+,32+,33-,34-,35+,36-/m1/s1. The fraction of sp³-hybridized carbons (Fsp3) is 0.917. The minimum absolute atomic E-state index is 0.0225. The predicted octanol–water partition coefficient (Wildman–Crippen LogP) is 1.41. The Kier molecular flexibility index (Phi) is 8.88. The van der Waals surface area contributed by atoms with Crippen LogP contribution in [0.5, 0.6) is 0 Å². The van der Waals surface area contributed by atoms with Crippen molar-refractivity contribution in [1.29, 1.82) is 0 Å². The molecule has 0 radical (unpaired) electrons. The van der Waals surface area contributed by atoms with Crippen LogP contribution in [-0.2, 0) is 14.3 Å². The van der Waals surface area contributed by atoms with E-state index in [1.165, 1.54) is 5.57 Å². The zero-order valence-corrected chi connectivity index (χ0v) is 28.6. The number of carbonyl (C=O) groups excluding carboxylic acids is 1. The summed E-state index contributed by atoms with van der Waals surface area (Å²) in [6, 6.07) is 0. The van der Waals surface area contributed by atoms with Crippen molar-refractivity contribution in [3.05, 3.63) is 11.6 Å². The molecule has 1 aliphatic heterocycles. The van der Waals surface area contributed by atoms with Gasteiger partial charge in [0.05, 0.1) is 30.8 Å². The second-order valence-electron chi connectivity index (χ2n) is 17.7. The van der Waals surface area contributed by atoms with E-state index in [9.17, 15) is 45.6 Å². The van der Waals surface area contributed by atoms with Crippen LogP contribution in [0, 0.1) is 50.2 Å². The molecule has 8 N–H and O–H groups in total. The summed E-state index contributed by atoms with van der Waals surface area (Å²) in [6.07, 6.45) is -1.71.